The summed E-state index contributed by atoms with van der Waals surface area (Å²) in [5.41, 5.74) is 6.03. The number of nitrogens with zero attached hydrogens (tertiary/aromatic N) is 2. The number of hydrogen-bond donors (Lipinski definition) is 1. The standard InChI is InChI=1S/C11H6F2N.C9H7F3N3.Ir/c12-8-4-5-9(10(13)7-8)11-3-1-2-6-14-11;10-9(11,12)8(14)5-6(13)7-3-1-2-4-15-7;/h1-4,6-7H;1-5,13-14H;/q2*-1;/b;6-5-,14-8?;. The second-order valence-electron chi connectivity index (χ2n) is 5.44. The minimum Gasteiger partial charge on any atom is -0.697 e. The van der Waals surface area contributed by atoms with Crippen molar-refractivity contribution in [2.24, 2.45) is 0 Å². The van der Waals surface area contributed by atoms with Gasteiger partial charge in [-0.15, -0.1) is 17.8 Å². The number of pyridine rings is 2. The van der Waals surface area contributed by atoms with Crippen molar-refractivity contribution in [1.82, 2.24) is 9.97 Å². The summed E-state index contributed by atoms with van der Waals surface area (Å²) in [5, 5.41) is 6.67. The van der Waals surface area contributed by atoms with Crippen molar-refractivity contribution in [3.63, 3.8) is 0 Å². The SMILES string of the molecule is Fc1c[c-]c(-c2ccccn2)c(F)c1.N=C(/C=C(\[NH-])c1ccccn1)C(F)(F)F.[Ir]. The third kappa shape index (κ3) is 7.46. The van der Waals surface area contributed by atoms with Gasteiger partial charge >= 0.3 is 6.18 Å². The topological polar surface area (TPSA) is 73.4 Å². The molecule has 2 heterocycles. The maximum atomic E-state index is 13.2. The fourth-order valence-electron chi connectivity index (χ4n) is 1.97. The largest absolute Gasteiger partial charge is 0.697 e. The summed E-state index contributed by atoms with van der Waals surface area (Å²) in [6.45, 7) is 0. The molecular weight excluding hydrogens is 583 g/mol. The smallest absolute Gasteiger partial charge is 0.432 e. The van der Waals surface area contributed by atoms with Gasteiger partial charge in [0.2, 0.25) is 0 Å². The van der Waals surface area contributed by atoms with E-state index >= 15 is 0 Å². The van der Waals surface area contributed by atoms with Crippen molar-refractivity contribution < 1.29 is 42.1 Å². The third-order valence-corrected chi connectivity index (χ3v) is 3.31. The Bertz CT molecular complexity index is 993. The van der Waals surface area contributed by atoms with Crippen LogP contribution in [-0.2, 0) is 20.1 Å². The monoisotopic (exact) mass is 597 g/mol. The molecule has 0 fully saturated rings. The molecule has 2 aromatic heterocycles. The van der Waals surface area contributed by atoms with E-state index in [0.29, 0.717) is 11.8 Å². The Kier molecular flexibility index (Phi) is 9.42. The summed E-state index contributed by atoms with van der Waals surface area (Å²) in [6.07, 6.45) is -1.37. The van der Waals surface area contributed by atoms with Crippen molar-refractivity contribution in [1.29, 1.82) is 5.41 Å². The predicted molar refractivity (Wildman–Crippen MR) is 98.7 cm³/mol. The molecule has 0 saturated carbocycles. The summed E-state index contributed by atoms with van der Waals surface area (Å²) in [4.78, 5) is 7.64. The maximum Gasteiger partial charge on any atom is 0.432 e. The van der Waals surface area contributed by atoms with Crippen LogP contribution in [0.3, 0.4) is 0 Å². The van der Waals surface area contributed by atoms with E-state index in [4.69, 9.17) is 11.1 Å². The molecule has 1 radical (unpaired) electrons. The summed E-state index contributed by atoms with van der Waals surface area (Å²) >= 11 is 0. The second-order valence-corrected chi connectivity index (χ2v) is 5.44. The number of benzene rings is 1. The van der Waals surface area contributed by atoms with E-state index in [1.54, 1.807) is 36.5 Å². The number of allylic oxidation sites excluding steroid dienone is 1. The fraction of sp³-hybridized carbons (Fsp3) is 0.0500. The zero-order valence-corrected chi connectivity index (χ0v) is 17.4. The zero-order chi connectivity index (χ0) is 21.4. The van der Waals surface area contributed by atoms with Gasteiger partial charge in [0.15, 0.2) is 0 Å². The number of halogens is 5. The first-order valence-corrected chi connectivity index (χ1v) is 7.97. The normalized spacial score (nSPS) is 11.0. The van der Waals surface area contributed by atoms with E-state index in [1.165, 1.54) is 12.3 Å². The maximum absolute atomic E-state index is 13.2. The van der Waals surface area contributed by atoms with Gasteiger partial charge in [-0.25, -0.2) is 0 Å². The fourth-order valence-corrected chi connectivity index (χ4v) is 1.97. The minimum absolute atomic E-state index is 0. The Labute approximate surface area is 182 Å². The molecular formula is C20H13F5IrN4-2. The Balaban J connectivity index is 0.000000291. The van der Waals surface area contributed by atoms with Crippen LogP contribution in [0.4, 0.5) is 22.0 Å². The van der Waals surface area contributed by atoms with E-state index in [-0.39, 0.29) is 31.4 Å². The van der Waals surface area contributed by atoms with E-state index in [0.717, 1.165) is 12.1 Å². The molecule has 30 heavy (non-hydrogen) atoms. The van der Waals surface area contributed by atoms with Gasteiger partial charge in [0.1, 0.15) is 5.71 Å². The van der Waals surface area contributed by atoms with Crippen LogP contribution in [0.15, 0.2) is 67.0 Å². The van der Waals surface area contributed by atoms with Crippen LogP contribution in [-0.4, -0.2) is 21.9 Å². The first-order chi connectivity index (χ1) is 13.7. The molecule has 0 bridgehead atoms. The van der Waals surface area contributed by atoms with Crippen LogP contribution in [0.25, 0.3) is 22.7 Å². The van der Waals surface area contributed by atoms with Crippen molar-refractivity contribution in [3.05, 3.63) is 96.1 Å². The van der Waals surface area contributed by atoms with E-state index in [1.807, 2.05) is 0 Å². The summed E-state index contributed by atoms with van der Waals surface area (Å²) in [5.74, 6) is -1.29. The molecule has 0 atom stereocenters. The number of aromatic nitrogens is 2. The average Bonchev–Trinajstić information content (AvgIpc) is 2.69. The molecule has 0 saturated heterocycles. The van der Waals surface area contributed by atoms with E-state index in [2.05, 4.69) is 16.0 Å². The van der Waals surface area contributed by atoms with Gasteiger partial charge in [0.25, 0.3) is 0 Å². The van der Waals surface area contributed by atoms with Crippen molar-refractivity contribution in [2.75, 3.05) is 0 Å². The first-order valence-electron chi connectivity index (χ1n) is 7.97. The zero-order valence-electron chi connectivity index (χ0n) is 15.0. The second kappa shape index (κ2) is 11.3. The van der Waals surface area contributed by atoms with Crippen LogP contribution in [0, 0.1) is 23.1 Å². The Morgan fingerprint density at radius 2 is 1.67 bits per heavy atom. The number of rotatable bonds is 3. The molecule has 4 nitrogen and oxygen atoms in total. The molecule has 0 aliphatic carbocycles. The summed E-state index contributed by atoms with van der Waals surface area (Å²) in [7, 11) is 0. The molecule has 0 amide bonds. The molecule has 1 aromatic carbocycles. The quantitative estimate of drug-likeness (QED) is 0.233. The van der Waals surface area contributed by atoms with Gasteiger partial charge in [-0.1, -0.05) is 29.8 Å². The van der Waals surface area contributed by atoms with Crippen LogP contribution in [0.2, 0.25) is 0 Å². The summed E-state index contributed by atoms with van der Waals surface area (Å²) < 4.78 is 61.7. The molecule has 159 valence electrons. The predicted octanol–water partition coefficient (Wildman–Crippen LogP) is 5.88. The van der Waals surface area contributed by atoms with Crippen LogP contribution >= 0.6 is 0 Å². The number of alkyl halides is 3. The van der Waals surface area contributed by atoms with Gasteiger partial charge in [0, 0.05) is 49.8 Å². The minimum atomic E-state index is -4.72. The summed E-state index contributed by atoms with van der Waals surface area (Å²) in [6, 6.07) is 14.1. The van der Waals surface area contributed by atoms with Gasteiger partial charge in [-0.3, -0.25) is 19.2 Å². The van der Waals surface area contributed by atoms with Crippen molar-refractivity contribution >= 4 is 11.4 Å². The molecule has 3 aromatic rings. The van der Waals surface area contributed by atoms with Crippen LogP contribution in [0.1, 0.15) is 5.69 Å². The Morgan fingerprint density at radius 1 is 1.03 bits per heavy atom. The van der Waals surface area contributed by atoms with Gasteiger partial charge in [-0.05, 0) is 30.0 Å². The van der Waals surface area contributed by atoms with E-state index < -0.39 is 29.2 Å². The van der Waals surface area contributed by atoms with Gasteiger partial charge < -0.3 is 10.7 Å². The van der Waals surface area contributed by atoms with Crippen molar-refractivity contribution in [2.45, 2.75) is 6.18 Å². The van der Waals surface area contributed by atoms with Crippen molar-refractivity contribution in [3.8, 4) is 11.3 Å². The van der Waals surface area contributed by atoms with Gasteiger partial charge in [0.05, 0.1) is 0 Å². The molecule has 2 N–H and O–H groups in total. The molecule has 10 heteroatoms. The number of nitrogens with one attached hydrogen (secondary N) is 2. The Hall–Kier alpha value is -2.97. The molecule has 0 aliphatic heterocycles. The van der Waals surface area contributed by atoms with Crippen LogP contribution < -0.4 is 0 Å². The molecule has 0 spiro atoms. The third-order valence-electron chi connectivity index (χ3n) is 3.31. The van der Waals surface area contributed by atoms with Gasteiger partial charge in [-0.2, -0.15) is 13.2 Å². The molecule has 0 aliphatic rings. The number of hydrogen-bond acceptors (Lipinski definition) is 3. The van der Waals surface area contributed by atoms with Crippen LogP contribution in [0.5, 0.6) is 0 Å². The Morgan fingerprint density at radius 3 is 2.17 bits per heavy atom. The van der Waals surface area contributed by atoms with E-state index in [9.17, 15) is 22.0 Å². The molecule has 0 unspecified atom stereocenters. The molecule has 3 rings (SSSR count). The first kappa shape index (κ1) is 25.1. The average molecular weight is 597 g/mol.